The van der Waals surface area contributed by atoms with Crippen molar-refractivity contribution in [3.63, 3.8) is 0 Å². The van der Waals surface area contributed by atoms with Crippen LogP contribution in [0.5, 0.6) is 0 Å². The summed E-state index contributed by atoms with van der Waals surface area (Å²) in [5.41, 5.74) is 1.36. The predicted octanol–water partition coefficient (Wildman–Crippen LogP) is 2.26. The van der Waals surface area contributed by atoms with Gasteiger partial charge in [0, 0.05) is 38.8 Å². The summed E-state index contributed by atoms with van der Waals surface area (Å²) in [4.78, 5) is 6.86. The van der Waals surface area contributed by atoms with Crippen LogP contribution in [0.25, 0.3) is 0 Å². The van der Waals surface area contributed by atoms with Crippen LogP contribution in [0.15, 0.2) is 35.3 Å². The number of likely N-dealkylation sites (tertiary alicyclic amines) is 1. The number of sulfone groups is 1. The van der Waals surface area contributed by atoms with Crippen molar-refractivity contribution in [1.29, 1.82) is 0 Å². The Kier molecular flexibility index (Phi) is 9.01. The van der Waals surface area contributed by atoms with Gasteiger partial charge >= 0.3 is 0 Å². The van der Waals surface area contributed by atoms with Gasteiger partial charge in [0.1, 0.15) is 0 Å². The number of halogens is 1. The van der Waals surface area contributed by atoms with Gasteiger partial charge in [0.25, 0.3) is 0 Å². The largest absolute Gasteiger partial charge is 0.356 e. The quantitative estimate of drug-likeness (QED) is 0.354. The molecule has 8 heteroatoms. The van der Waals surface area contributed by atoms with E-state index < -0.39 is 9.84 Å². The smallest absolute Gasteiger partial charge is 0.191 e. The van der Waals surface area contributed by atoms with E-state index in [1.165, 1.54) is 5.56 Å². The SMILES string of the molecule is CN=C(NCC1CCS(=O)(=O)C1)NC1CCN(Cc2ccccc2)C(C)C1.I. The normalized spacial score (nSPS) is 27.8. The highest BCUT2D eigenvalue weighted by atomic mass is 127. The van der Waals surface area contributed by atoms with E-state index in [0.29, 0.717) is 30.1 Å². The molecule has 2 heterocycles. The molecule has 1 aromatic carbocycles. The van der Waals surface area contributed by atoms with E-state index >= 15 is 0 Å². The highest BCUT2D eigenvalue weighted by Crippen LogP contribution is 2.20. The van der Waals surface area contributed by atoms with E-state index in [0.717, 1.165) is 38.3 Å². The Morgan fingerprint density at radius 3 is 2.61 bits per heavy atom. The Labute approximate surface area is 186 Å². The van der Waals surface area contributed by atoms with Gasteiger partial charge in [-0.3, -0.25) is 9.89 Å². The van der Waals surface area contributed by atoms with Crippen molar-refractivity contribution in [3.8, 4) is 0 Å². The Bertz CT molecular complexity index is 742. The van der Waals surface area contributed by atoms with Gasteiger partial charge in [-0.2, -0.15) is 0 Å². The zero-order valence-corrected chi connectivity index (χ0v) is 19.9. The first-order chi connectivity index (χ1) is 12.9. The van der Waals surface area contributed by atoms with Crippen molar-refractivity contribution >= 4 is 39.8 Å². The molecule has 0 spiro atoms. The fourth-order valence-corrected chi connectivity index (χ4v) is 5.93. The molecule has 2 saturated heterocycles. The van der Waals surface area contributed by atoms with Crippen LogP contribution in [0.1, 0.15) is 31.7 Å². The fourth-order valence-electron chi connectivity index (χ4n) is 4.07. The van der Waals surface area contributed by atoms with Gasteiger partial charge in [0.05, 0.1) is 11.5 Å². The van der Waals surface area contributed by atoms with Crippen molar-refractivity contribution < 1.29 is 8.42 Å². The maximum atomic E-state index is 11.6. The lowest BCUT2D eigenvalue weighted by atomic mass is 9.97. The highest BCUT2D eigenvalue weighted by Gasteiger charge is 2.29. The summed E-state index contributed by atoms with van der Waals surface area (Å²) in [7, 11) is -1.05. The average molecular weight is 520 g/mol. The molecule has 3 atom stereocenters. The van der Waals surface area contributed by atoms with E-state index in [-0.39, 0.29) is 29.9 Å². The molecule has 2 aliphatic heterocycles. The lowest BCUT2D eigenvalue weighted by Crippen LogP contribution is -2.51. The van der Waals surface area contributed by atoms with Crippen molar-refractivity contribution in [2.75, 3.05) is 31.6 Å². The molecule has 6 nitrogen and oxygen atoms in total. The molecule has 0 amide bonds. The summed E-state index contributed by atoms with van der Waals surface area (Å²) < 4.78 is 23.2. The molecule has 2 aliphatic rings. The minimum absolute atomic E-state index is 0. The van der Waals surface area contributed by atoms with Crippen molar-refractivity contribution in [2.24, 2.45) is 10.9 Å². The van der Waals surface area contributed by atoms with Gasteiger partial charge in [0.15, 0.2) is 15.8 Å². The fraction of sp³-hybridized carbons (Fsp3) is 0.650. The number of nitrogens with one attached hydrogen (secondary N) is 2. The van der Waals surface area contributed by atoms with Crippen LogP contribution < -0.4 is 10.6 Å². The average Bonchev–Trinajstić information content (AvgIpc) is 3.00. The maximum absolute atomic E-state index is 11.6. The standard InChI is InChI=1S/C20H32N4O2S.HI/c1-16-12-19(8-10-24(16)14-17-6-4-3-5-7-17)23-20(21-2)22-13-18-9-11-27(25,26)15-18;/h3-7,16,18-19H,8-15H2,1-2H3,(H2,21,22,23);1H. The molecular formula is C20H33IN4O2S. The van der Waals surface area contributed by atoms with Crippen molar-refractivity contribution in [1.82, 2.24) is 15.5 Å². The summed E-state index contributed by atoms with van der Waals surface area (Å²) in [6, 6.07) is 11.5. The molecule has 0 aromatic heterocycles. The Balaban J connectivity index is 0.00000280. The molecule has 28 heavy (non-hydrogen) atoms. The van der Waals surface area contributed by atoms with Gasteiger partial charge in [-0.25, -0.2) is 8.42 Å². The summed E-state index contributed by atoms with van der Waals surface area (Å²) in [6.45, 7) is 5.01. The zero-order chi connectivity index (χ0) is 19.3. The summed E-state index contributed by atoms with van der Waals surface area (Å²) in [6.07, 6.45) is 2.91. The van der Waals surface area contributed by atoms with Crippen LogP contribution in [0.2, 0.25) is 0 Å². The van der Waals surface area contributed by atoms with Crippen molar-refractivity contribution in [2.45, 2.75) is 44.8 Å². The third-order valence-electron chi connectivity index (χ3n) is 5.69. The number of guanidine groups is 1. The van der Waals surface area contributed by atoms with Crippen LogP contribution in [0.3, 0.4) is 0 Å². The maximum Gasteiger partial charge on any atom is 0.191 e. The topological polar surface area (TPSA) is 73.8 Å². The van der Waals surface area contributed by atoms with Gasteiger partial charge in [-0.15, -0.1) is 24.0 Å². The van der Waals surface area contributed by atoms with Gasteiger partial charge in [-0.05, 0) is 37.7 Å². The van der Waals surface area contributed by atoms with Gasteiger partial charge < -0.3 is 10.6 Å². The number of aliphatic imine (C=N–C) groups is 1. The van der Waals surface area contributed by atoms with E-state index in [1.54, 1.807) is 7.05 Å². The predicted molar refractivity (Wildman–Crippen MR) is 126 cm³/mol. The number of nitrogens with zero attached hydrogens (tertiary/aromatic N) is 2. The second-order valence-electron chi connectivity index (χ2n) is 7.89. The highest BCUT2D eigenvalue weighted by molar-refractivity contribution is 14.0. The molecule has 158 valence electrons. The monoisotopic (exact) mass is 520 g/mol. The lowest BCUT2D eigenvalue weighted by molar-refractivity contribution is 0.134. The van der Waals surface area contributed by atoms with Gasteiger partial charge in [0.2, 0.25) is 0 Å². The zero-order valence-electron chi connectivity index (χ0n) is 16.8. The van der Waals surface area contributed by atoms with E-state index in [1.807, 2.05) is 0 Å². The molecular weight excluding hydrogens is 487 g/mol. The number of benzene rings is 1. The summed E-state index contributed by atoms with van der Waals surface area (Å²) in [5, 5.41) is 6.85. The molecule has 2 fully saturated rings. The second-order valence-corrected chi connectivity index (χ2v) is 10.1. The molecule has 0 aliphatic carbocycles. The number of piperidine rings is 1. The van der Waals surface area contributed by atoms with Gasteiger partial charge in [-0.1, -0.05) is 30.3 Å². The number of rotatable bonds is 5. The van der Waals surface area contributed by atoms with E-state index in [4.69, 9.17) is 0 Å². The van der Waals surface area contributed by atoms with Crippen LogP contribution in [0.4, 0.5) is 0 Å². The lowest BCUT2D eigenvalue weighted by Gasteiger charge is -2.38. The van der Waals surface area contributed by atoms with E-state index in [9.17, 15) is 8.42 Å². The molecule has 3 unspecified atom stereocenters. The van der Waals surface area contributed by atoms with Crippen molar-refractivity contribution in [3.05, 3.63) is 35.9 Å². The Hall–Kier alpha value is -0.870. The minimum Gasteiger partial charge on any atom is -0.356 e. The molecule has 1 aromatic rings. The number of hydrogen-bond donors (Lipinski definition) is 2. The van der Waals surface area contributed by atoms with Crippen LogP contribution >= 0.6 is 24.0 Å². The number of hydrogen-bond acceptors (Lipinski definition) is 4. The molecule has 0 radical (unpaired) electrons. The first-order valence-electron chi connectivity index (χ1n) is 9.91. The van der Waals surface area contributed by atoms with Crippen LogP contribution in [-0.4, -0.2) is 63.0 Å². The first-order valence-corrected chi connectivity index (χ1v) is 11.7. The third-order valence-corrected chi connectivity index (χ3v) is 7.53. The summed E-state index contributed by atoms with van der Waals surface area (Å²) in [5.74, 6) is 1.60. The van der Waals surface area contributed by atoms with Crippen LogP contribution in [0, 0.1) is 5.92 Å². The van der Waals surface area contributed by atoms with E-state index in [2.05, 4.69) is 57.8 Å². The molecule has 0 saturated carbocycles. The molecule has 0 bridgehead atoms. The summed E-state index contributed by atoms with van der Waals surface area (Å²) >= 11 is 0. The first kappa shape index (κ1) is 23.4. The minimum atomic E-state index is -2.82. The molecule has 3 rings (SSSR count). The Morgan fingerprint density at radius 1 is 1.25 bits per heavy atom. The second kappa shape index (κ2) is 10.8. The van der Waals surface area contributed by atoms with Crippen LogP contribution in [-0.2, 0) is 16.4 Å². The Morgan fingerprint density at radius 2 is 2.00 bits per heavy atom. The molecule has 2 N–H and O–H groups in total. The third kappa shape index (κ3) is 6.88.